The van der Waals surface area contributed by atoms with E-state index in [2.05, 4.69) is 5.32 Å². The highest BCUT2D eigenvalue weighted by Crippen LogP contribution is 2.40. The van der Waals surface area contributed by atoms with Gasteiger partial charge in [-0.05, 0) is 18.2 Å². The van der Waals surface area contributed by atoms with Crippen LogP contribution in [0.2, 0.25) is 5.02 Å². The van der Waals surface area contributed by atoms with Gasteiger partial charge >= 0.3 is 11.7 Å². The van der Waals surface area contributed by atoms with Crippen LogP contribution in [0, 0.1) is 10.1 Å². The molecule has 0 bridgehead atoms. The van der Waals surface area contributed by atoms with Crippen LogP contribution >= 0.6 is 11.6 Å². The van der Waals surface area contributed by atoms with Gasteiger partial charge < -0.3 is 14.8 Å². The average Bonchev–Trinajstić information content (AvgIpc) is 2.67. The summed E-state index contributed by atoms with van der Waals surface area (Å²) < 4.78 is 55.9. The molecule has 1 N–H and O–H groups in total. The van der Waals surface area contributed by atoms with Crippen molar-refractivity contribution in [2.24, 2.45) is 0 Å². The third kappa shape index (κ3) is 8.51. The van der Waals surface area contributed by atoms with E-state index in [1.807, 2.05) is 0 Å². The molecule has 0 aliphatic carbocycles. The van der Waals surface area contributed by atoms with E-state index in [0.717, 1.165) is 24.6 Å². The third-order valence-corrected chi connectivity index (χ3v) is 6.33. The lowest BCUT2D eigenvalue weighted by molar-refractivity contribution is -0.385. The first-order valence-corrected chi connectivity index (χ1v) is 13.6. The number of nitrogens with zero attached hydrogens (tertiary/aromatic N) is 1. The second-order valence-corrected chi connectivity index (χ2v) is 11.6. The van der Waals surface area contributed by atoms with Gasteiger partial charge in [0.1, 0.15) is 12.4 Å². The van der Waals surface area contributed by atoms with Gasteiger partial charge in [0.15, 0.2) is 19.7 Å². The summed E-state index contributed by atoms with van der Waals surface area (Å²) in [4.78, 5) is 22.0. The summed E-state index contributed by atoms with van der Waals surface area (Å²) in [5.41, 5.74) is -0.0962. The lowest BCUT2D eigenvalue weighted by Crippen LogP contribution is -2.16. The number of hydrogen-bond donors (Lipinski definition) is 1. The van der Waals surface area contributed by atoms with Crippen LogP contribution in [-0.2, 0) is 29.2 Å². The second-order valence-electron chi connectivity index (χ2n) is 6.94. The predicted octanol–water partition coefficient (Wildman–Crippen LogP) is 2.83. The van der Waals surface area contributed by atoms with Gasteiger partial charge in [0.2, 0.25) is 5.75 Å². The molecule has 0 amide bonds. The number of esters is 1. The highest BCUT2D eigenvalue weighted by molar-refractivity contribution is 7.91. The molecule has 0 spiro atoms. The quantitative estimate of drug-likeness (QED) is 0.265. The van der Waals surface area contributed by atoms with Crippen molar-refractivity contribution in [3.8, 4) is 11.5 Å². The monoisotopic (exact) mass is 520 g/mol. The largest absolute Gasteiger partial charge is 0.465 e. The Balaban J connectivity index is 2.07. The Morgan fingerprint density at radius 3 is 2.45 bits per heavy atom. The second kappa shape index (κ2) is 10.8. The van der Waals surface area contributed by atoms with E-state index in [1.165, 1.54) is 12.1 Å². The smallest absolute Gasteiger partial charge is 0.314 e. The van der Waals surface area contributed by atoms with Crippen molar-refractivity contribution in [1.82, 2.24) is 0 Å². The van der Waals surface area contributed by atoms with Crippen LogP contribution in [0.15, 0.2) is 41.3 Å². The van der Waals surface area contributed by atoms with Crippen molar-refractivity contribution >= 4 is 48.6 Å². The number of rotatable bonds is 11. The van der Waals surface area contributed by atoms with Gasteiger partial charge in [-0.2, -0.15) is 0 Å². The van der Waals surface area contributed by atoms with E-state index >= 15 is 0 Å². The van der Waals surface area contributed by atoms with Gasteiger partial charge in [-0.25, -0.2) is 16.8 Å². The molecule has 2 aromatic carbocycles. The molecule has 0 saturated carbocycles. The molecule has 33 heavy (non-hydrogen) atoms. The predicted molar refractivity (Wildman–Crippen MR) is 122 cm³/mol. The molecule has 2 aromatic rings. The summed E-state index contributed by atoms with van der Waals surface area (Å²) >= 11 is 6.06. The van der Waals surface area contributed by atoms with Crippen molar-refractivity contribution in [1.29, 1.82) is 0 Å². The molecule has 0 saturated heterocycles. The fourth-order valence-corrected chi connectivity index (χ4v) is 3.84. The molecule has 180 valence electrons. The fraction of sp³-hybridized carbons (Fsp3) is 0.316. The lowest BCUT2D eigenvalue weighted by Gasteiger charge is -2.12. The number of anilines is 1. The van der Waals surface area contributed by atoms with Gasteiger partial charge in [0.25, 0.3) is 0 Å². The maximum Gasteiger partial charge on any atom is 0.314 e. The number of nitro groups is 1. The summed E-state index contributed by atoms with van der Waals surface area (Å²) in [6, 6.07) is 8.19. The maximum absolute atomic E-state index is 11.7. The number of benzene rings is 2. The molecule has 0 aromatic heterocycles. The first-order chi connectivity index (χ1) is 15.3. The van der Waals surface area contributed by atoms with Crippen LogP contribution < -0.4 is 10.1 Å². The van der Waals surface area contributed by atoms with Gasteiger partial charge in [0, 0.05) is 36.9 Å². The minimum Gasteiger partial charge on any atom is -0.465 e. The molecular weight excluding hydrogens is 500 g/mol. The molecule has 0 radical (unpaired) electrons. The molecule has 14 heteroatoms. The standard InChI is InChI=1S/C19H21ClN2O9S2/c1-32(26,27)9-8-30-18(23)6-7-21-13-4-3-5-14(10-13)31-19-16(20)11-15(33(2,28)29)12-17(19)22(24)25/h3-5,10-12,21H,6-9H2,1-2H3. The van der Waals surface area contributed by atoms with Gasteiger partial charge in [-0.1, -0.05) is 17.7 Å². The van der Waals surface area contributed by atoms with Crippen LogP contribution in [0.4, 0.5) is 11.4 Å². The average molecular weight is 521 g/mol. The van der Waals surface area contributed by atoms with E-state index in [4.69, 9.17) is 21.1 Å². The SMILES string of the molecule is CS(=O)(=O)CCOC(=O)CCNc1cccc(Oc2c(Cl)cc(S(C)(=O)=O)cc2[N+](=O)[O-])c1. The molecule has 0 fully saturated rings. The van der Waals surface area contributed by atoms with E-state index in [1.54, 1.807) is 12.1 Å². The first-order valence-electron chi connectivity index (χ1n) is 9.29. The van der Waals surface area contributed by atoms with Crippen molar-refractivity contribution in [3.05, 3.63) is 51.5 Å². The fourth-order valence-electron chi connectivity index (χ4n) is 2.48. The van der Waals surface area contributed by atoms with Crippen LogP contribution in [0.3, 0.4) is 0 Å². The number of nitro benzene ring substituents is 1. The van der Waals surface area contributed by atoms with Crippen molar-refractivity contribution in [3.63, 3.8) is 0 Å². The van der Waals surface area contributed by atoms with E-state index in [0.29, 0.717) is 5.69 Å². The zero-order valence-electron chi connectivity index (χ0n) is 17.6. The molecule has 0 aliphatic heterocycles. The minimum absolute atomic E-state index is 0.0287. The summed E-state index contributed by atoms with van der Waals surface area (Å²) in [6.45, 7) is -0.0518. The van der Waals surface area contributed by atoms with Crippen LogP contribution in [0.1, 0.15) is 6.42 Å². The minimum atomic E-state index is -3.73. The number of carbonyl (C=O) groups is 1. The Labute approximate surface area is 195 Å². The summed E-state index contributed by atoms with van der Waals surface area (Å²) in [7, 11) is -6.95. The highest BCUT2D eigenvalue weighted by atomic mass is 35.5. The Morgan fingerprint density at radius 2 is 1.85 bits per heavy atom. The summed E-state index contributed by atoms with van der Waals surface area (Å²) in [6.07, 6.45) is 1.91. The first kappa shape index (κ1) is 26.4. The maximum atomic E-state index is 11.7. The molecule has 2 rings (SSSR count). The zero-order chi connectivity index (χ0) is 24.8. The normalized spacial score (nSPS) is 11.6. The van der Waals surface area contributed by atoms with Gasteiger partial charge in [-0.15, -0.1) is 0 Å². The molecular formula is C19H21ClN2O9S2. The number of ether oxygens (including phenoxy) is 2. The molecule has 0 atom stereocenters. The molecule has 0 aliphatic rings. The van der Waals surface area contributed by atoms with E-state index < -0.39 is 36.3 Å². The third-order valence-electron chi connectivity index (χ3n) is 4.05. The van der Waals surface area contributed by atoms with Crippen molar-refractivity contribution in [2.75, 3.05) is 36.7 Å². The van der Waals surface area contributed by atoms with Crippen LogP contribution in [-0.4, -0.2) is 59.1 Å². The number of hydrogen-bond acceptors (Lipinski definition) is 10. The summed E-state index contributed by atoms with van der Waals surface area (Å²) in [5.74, 6) is -0.980. The Morgan fingerprint density at radius 1 is 1.15 bits per heavy atom. The number of halogens is 1. The van der Waals surface area contributed by atoms with Gasteiger partial charge in [0.05, 0.1) is 27.0 Å². The number of nitrogens with one attached hydrogen (secondary N) is 1. The lowest BCUT2D eigenvalue weighted by atomic mass is 10.2. The highest BCUT2D eigenvalue weighted by Gasteiger charge is 2.24. The van der Waals surface area contributed by atoms with Crippen molar-refractivity contribution < 1.29 is 36.0 Å². The number of sulfone groups is 2. The zero-order valence-corrected chi connectivity index (χ0v) is 20.0. The number of carbonyl (C=O) groups excluding carboxylic acids is 1. The van der Waals surface area contributed by atoms with Crippen molar-refractivity contribution in [2.45, 2.75) is 11.3 Å². The Kier molecular flexibility index (Phi) is 8.63. The van der Waals surface area contributed by atoms with Gasteiger partial charge in [-0.3, -0.25) is 14.9 Å². The van der Waals surface area contributed by atoms with E-state index in [-0.39, 0.29) is 46.7 Å². The van der Waals surface area contributed by atoms with Crippen LogP contribution in [0.25, 0.3) is 0 Å². The topological polar surface area (TPSA) is 159 Å². The Hall–Kier alpha value is -2.90. The molecule has 0 unspecified atom stereocenters. The van der Waals surface area contributed by atoms with Crippen LogP contribution in [0.5, 0.6) is 11.5 Å². The molecule has 11 nitrogen and oxygen atoms in total. The summed E-state index contributed by atoms with van der Waals surface area (Å²) in [5, 5.41) is 14.1. The molecule has 0 heterocycles. The Bertz CT molecular complexity index is 1260. The van der Waals surface area contributed by atoms with E-state index in [9.17, 15) is 31.7 Å².